The van der Waals surface area contributed by atoms with Gasteiger partial charge in [0.1, 0.15) is 6.61 Å². The number of hydrogen-bond donors (Lipinski definition) is 3. The number of hydrogen-bond acceptors (Lipinski definition) is 7. The van der Waals surface area contributed by atoms with E-state index in [0.29, 0.717) is 0 Å². The fraction of sp³-hybridized carbons (Fsp3) is 0.407. The maximum absolute atomic E-state index is 15.2. The number of rotatable bonds is 16. The van der Waals surface area contributed by atoms with Gasteiger partial charge in [0, 0.05) is 36.1 Å². The lowest BCUT2D eigenvalue weighted by Crippen LogP contribution is -2.31. The van der Waals surface area contributed by atoms with Crippen molar-refractivity contribution in [1.29, 1.82) is 0 Å². The molecule has 0 aliphatic heterocycles. The number of ether oxygens (including phenoxy) is 1. The molecular weight excluding hydrogens is 462 g/mol. The summed E-state index contributed by atoms with van der Waals surface area (Å²) in [5.41, 5.74) is 9.68. The van der Waals surface area contributed by atoms with Crippen LogP contribution in [0.25, 0.3) is 5.70 Å². The predicted molar refractivity (Wildman–Crippen MR) is 144 cm³/mol. The summed E-state index contributed by atoms with van der Waals surface area (Å²) in [7, 11) is 1.95. The quantitative estimate of drug-likeness (QED) is 0.171. The van der Waals surface area contributed by atoms with E-state index >= 15 is 4.39 Å². The molecule has 1 aliphatic rings. The molecule has 0 saturated heterocycles. The second-order valence-electron chi connectivity index (χ2n) is 8.34. The van der Waals surface area contributed by atoms with E-state index in [-0.39, 0.29) is 35.6 Å². The van der Waals surface area contributed by atoms with Gasteiger partial charge in [-0.1, -0.05) is 19.4 Å². The SMILES string of the molecule is C=N/C=C(/c1ccc(OCCN)c(F)c1F)N(/C=C\N=CC)NC1=CC(CC)(CCCCNC)C=C1. The summed E-state index contributed by atoms with van der Waals surface area (Å²) in [6, 6.07) is 2.80. The summed E-state index contributed by atoms with van der Waals surface area (Å²) in [5, 5.41) is 4.73. The Hall–Kier alpha value is -3.30. The highest BCUT2D eigenvalue weighted by atomic mass is 19.2. The summed E-state index contributed by atoms with van der Waals surface area (Å²) in [6.45, 7) is 8.70. The zero-order valence-corrected chi connectivity index (χ0v) is 21.4. The lowest BCUT2D eigenvalue weighted by molar-refractivity contribution is 0.304. The van der Waals surface area contributed by atoms with E-state index in [0.717, 1.165) is 37.9 Å². The van der Waals surface area contributed by atoms with E-state index in [1.807, 2.05) is 13.1 Å². The third kappa shape index (κ3) is 7.86. The van der Waals surface area contributed by atoms with Crippen molar-refractivity contribution in [3.63, 3.8) is 0 Å². The molecule has 0 fully saturated rings. The highest BCUT2D eigenvalue weighted by Gasteiger charge is 2.27. The monoisotopic (exact) mass is 500 g/mol. The molecule has 1 unspecified atom stereocenters. The molecule has 0 heterocycles. The van der Waals surface area contributed by atoms with Gasteiger partial charge in [0.05, 0.1) is 17.6 Å². The molecule has 9 heteroatoms. The summed E-state index contributed by atoms with van der Waals surface area (Å²) >= 11 is 0. The van der Waals surface area contributed by atoms with E-state index in [4.69, 9.17) is 10.5 Å². The molecule has 0 bridgehead atoms. The van der Waals surface area contributed by atoms with Crippen LogP contribution in [-0.2, 0) is 0 Å². The van der Waals surface area contributed by atoms with Crippen LogP contribution >= 0.6 is 0 Å². The van der Waals surface area contributed by atoms with Gasteiger partial charge in [0.2, 0.25) is 5.82 Å². The number of hydrazine groups is 1. The average Bonchev–Trinajstić information content (AvgIpc) is 3.29. The van der Waals surface area contributed by atoms with E-state index in [1.54, 1.807) is 30.5 Å². The molecule has 1 aromatic carbocycles. The third-order valence-electron chi connectivity index (χ3n) is 5.89. The normalized spacial score (nSPS) is 17.7. The third-order valence-corrected chi connectivity index (χ3v) is 5.89. The van der Waals surface area contributed by atoms with Crippen molar-refractivity contribution in [3.8, 4) is 5.75 Å². The first-order valence-electron chi connectivity index (χ1n) is 12.2. The van der Waals surface area contributed by atoms with Crippen molar-refractivity contribution in [2.24, 2.45) is 21.1 Å². The molecule has 0 aromatic heterocycles. The molecule has 1 aromatic rings. The van der Waals surface area contributed by atoms with Crippen LogP contribution in [0.1, 0.15) is 45.1 Å². The highest BCUT2D eigenvalue weighted by Crippen LogP contribution is 2.38. The zero-order chi connectivity index (χ0) is 26.4. The predicted octanol–water partition coefficient (Wildman–Crippen LogP) is 4.91. The summed E-state index contributed by atoms with van der Waals surface area (Å²) in [5.74, 6) is -2.37. The van der Waals surface area contributed by atoms with E-state index < -0.39 is 11.6 Å². The Kier molecular flexibility index (Phi) is 12.0. The van der Waals surface area contributed by atoms with Gasteiger partial charge in [0.15, 0.2) is 11.6 Å². The molecule has 7 nitrogen and oxygen atoms in total. The average molecular weight is 501 g/mol. The van der Waals surface area contributed by atoms with Crippen molar-refractivity contribution in [2.75, 3.05) is 26.7 Å². The van der Waals surface area contributed by atoms with Gasteiger partial charge >= 0.3 is 0 Å². The molecule has 0 radical (unpaired) electrons. The Labute approximate surface area is 213 Å². The maximum Gasteiger partial charge on any atom is 0.201 e. The number of benzene rings is 1. The van der Waals surface area contributed by atoms with Gasteiger partial charge in [-0.2, -0.15) is 4.39 Å². The highest BCUT2D eigenvalue weighted by molar-refractivity contribution is 5.67. The molecule has 4 N–H and O–H groups in total. The fourth-order valence-corrected chi connectivity index (χ4v) is 3.91. The van der Waals surface area contributed by atoms with Gasteiger partial charge in [-0.25, -0.2) is 4.39 Å². The number of allylic oxidation sites excluding steroid dienone is 3. The lowest BCUT2D eigenvalue weighted by atomic mass is 9.82. The molecule has 1 aliphatic carbocycles. The van der Waals surface area contributed by atoms with Crippen LogP contribution in [0.4, 0.5) is 8.78 Å². The van der Waals surface area contributed by atoms with E-state index in [9.17, 15) is 4.39 Å². The molecule has 0 spiro atoms. The van der Waals surface area contributed by atoms with Crippen LogP contribution < -0.4 is 21.2 Å². The van der Waals surface area contributed by atoms with Gasteiger partial charge in [-0.15, -0.1) is 0 Å². The Morgan fingerprint density at radius 1 is 1.28 bits per heavy atom. The number of nitrogens with one attached hydrogen (secondary N) is 2. The first-order chi connectivity index (χ1) is 17.4. The first-order valence-corrected chi connectivity index (χ1v) is 12.2. The molecule has 0 saturated carbocycles. The Morgan fingerprint density at radius 2 is 2.08 bits per heavy atom. The molecule has 2 rings (SSSR count). The van der Waals surface area contributed by atoms with E-state index in [1.165, 1.54) is 18.3 Å². The standard InChI is InChI=1S/C27H38F2N6O/c1-5-27(12-7-8-15-31-3)13-11-21(19-27)34-35(17-16-33-6-2)23(20-32-4)22-9-10-24(36-18-14-30)26(29)25(22)28/h6,9-11,13,16-17,19-20,31,34H,4-5,7-8,12,14-15,18,30H2,1-3H3/b17-16-,23-20-,33-6?. The van der Waals surface area contributed by atoms with Crippen LogP contribution in [0.2, 0.25) is 0 Å². The van der Waals surface area contributed by atoms with Gasteiger partial charge < -0.3 is 15.8 Å². The smallest absolute Gasteiger partial charge is 0.201 e. The minimum atomic E-state index is -1.10. The summed E-state index contributed by atoms with van der Waals surface area (Å²) in [6.07, 6.45) is 16.7. The minimum Gasteiger partial charge on any atom is -0.489 e. The largest absolute Gasteiger partial charge is 0.489 e. The summed E-state index contributed by atoms with van der Waals surface area (Å²) < 4.78 is 35.1. The number of halogens is 2. The van der Waals surface area contributed by atoms with Crippen molar-refractivity contribution < 1.29 is 13.5 Å². The Morgan fingerprint density at radius 3 is 2.75 bits per heavy atom. The fourth-order valence-electron chi connectivity index (χ4n) is 3.91. The molecular formula is C27H38F2N6O. The van der Waals surface area contributed by atoms with Crippen molar-refractivity contribution in [2.45, 2.75) is 39.5 Å². The lowest BCUT2D eigenvalue weighted by Gasteiger charge is -2.27. The van der Waals surface area contributed by atoms with Crippen molar-refractivity contribution >= 4 is 18.6 Å². The second kappa shape index (κ2) is 15.0. The number of nitrogens with two attached hydrogens (primary N) is 1. The number of nitrogens with zero attached hydrogens (tertiary/aromatic N) is 3. The van der Waals surface area contributed by atoms with Crippen molar-refractivity contribution in [1.82, 2.24) is 15.8 Å². The number of aliphatic imine (C=N–C) groups is 2. The molecule has 36 heavy (non-hydrogen) atoms. The van der Waals surface area contributed by atoms with Crippen LogP contribution in [0, 0.1) is 17.0 Å². The Bertz CT molecular complexity index is 1020. The van der Waals surface area contributed by atoms with Crippen LogP contribution in [-0.4, -0.2) is 44.7 Å². The van der Waals surface area contributed by atoms with Gasteiger partial charge in [0.25, 0.3) is 0 Å². The second-order valence-corrected chi connectivity index (χ2v) is 8.34. The Balaban J connectivity index is 2.39. The number of unbranched alkanes of at least 4 members (excludes halogenated alkanes) is 1. The van der Waals surface area contributed by atoms with E-state index in [2.05, 4.69) is 46.5 Å². The first kappa shape index (κ1) is 28.9. The van der Waals surface area contributed by atoms with Crippen LogP contribution in [0.15, 0.2) is 64.6 Å². The zero-order valence-electron chi connectivity index (χ0n) is 21.4. The summed E-state index contributed by atoms with van der Waals surface area (Å²) in [4.78, 5) is 7.94. The van der Waals surface area contributed by atoms with Gasteiger partial charge in [-0.05, 0) is 70.8 Å². The molecule has 0 amide bonds. The van der Waals surface area contributed by atoms with Crippen molar-refractivity contribution in [3.05, 3.63) is 71.9 Å². The molecule has 196 valence electrons. The molecule has 1 atom stereocenters. The maximum atomic E-state index is 15.2. The minimum absolute atomic E-state index is 0.0194. The van der Waals surface area contributed by atoms with Gasteiger partial charge in [-0.3, -0.25) is 20.4 Å². The van der Waals surface area contributed by atoms with Crippen LogP contribution in [0.5, 0.6) is 5.75 Å². The topological polar surface area (TPSA) is 87.3 Å². The van der Waals surface area contributed by atoms with Crippen LogP contribution in [0.3, 0.4) is 0 Å².